The standard InChI is InChI=1S/C11H19N3OS/c1-8-6-11(13-7-10(8)12)14-9(2)4-5-16(3)15/h6-7,9H,4-5,12H2,1-3H3,(H,13,14). The summed E-state index contributed by atoms with van der Waals surface area (Å²) >= 11 is 0. The van der Waals surface area contributed by atoms with E-state index in [2.05, 4.69) is 17.2 Å². The number of rotatable bonds is 5. The maximum Gasteiger partial charge on any atom is 0.126 e. The number of nitrogen functional groups attached to an aromatic ring is 1. The Morgan fingerprint density at radius 3 is 2.88 bits per heavy atom. The minimum absolute atomic E-state index is 0.263. The van der Waals surface area contributed by atoms with Gasteiger partial charge in [0.1, 0.15) is 5.82 Å². The molecule has 2 unspecified atom stereocenters. The van der Waals surface area contributed by atoms with Crippen molar-refractivity contribution in [2.75, 3.05) is 23.1 Å². The van der Waals surface area contributed by atoms with Crippen molar-refractivity contribution in [3.8, 4) is 0 Å². The highest BCUT2D eigenvalue weighted by molar-refractivity contribution is 7.84. The Balaban J connectivity index is 2.52. The molecule has 4 nitrogen and oxygen atoms in total. The van der Waals surface area contributed by atoms with E-state index in [9.17, 15) is 4.21 Å². The first-order valence-corrected chi connectivity index (χ1v) is 7.00. The van der Waals surface area contributed by atoms with Gasteiger partial charge in [-0.05, 0) is 31.9 Å². The quantitative estimate of drug-likeness (QED) is 0.820. The van der Waals surface area contributed by atoms with E-state index >= 15 is 0 Å². The lowest BCUT2D eigenvalue weighted by atomic mass is 10.2. The molecule has 0 aliphatic rings. The summed E-state index contributed by atoms with van der Waals surface area (Å²) in [6.07, 6.45) is 4.24. The van der Waals surface area contributed by atoms with Crippen LogP contribution in [-0.2, 0) is 10.8 Å². The van der Waals surface area contributed by atoms with Crippen molar-refractivity contribution in [1.29, 1.82) is 0 Å². The molecule has 0 spiro atoms. The zero-order valence-electron chi connectivity index (χ0n) is 9.99. The van der Waals surface area contributed by atoms with Gasteiger partial charge in [-0.2, -0.15) is 0 Å². The summed E-state index contributed by atoms with van der Waals surface area (Å²) in [6.45, 7) is 4.01. The monoisotopic (exact) mass is 241 g/mol. The van der Waals surface area contributed by atoms with Crippen LogP contribution < -0.4 is 11.1 Å². The van der Waals surface area contributed by atoms with Crippen molar-refractivity contribution >= 4 is 22.3 Å². The average molecular weight is 241 g/mol. The normalized spacial score (nSPS) is 14.4. The fourth-order valence-electron chi connectivity index (χ4n) is 1.31. The number of nitrogens with one attached hydrogen (secondary N) is 1. The molecule has 0 saturated heterocycles. The largest absolute Gasteiger partial charge is 0.397 e. The fourth-order valence-corrected chi connectivity index (χ4v) is 2.00. The second-order valence-electron chi connectivity index (χ2n) is 4.04. The smallest absolute Gasteiger partial charge is 0.126 e. The molecule has 0 fully saturated rings. The average Bonchev–Trinajstić information content (AvgIpc) is 2.21. The number of pyridine rings is 1. The molecule has 2 atom stereocenters. The van der Waals surface area contributed by atoms with Gasteiger partial charge in [-0.3, -0.25) is 4.21 Å². The van der Waals surface area contributed by atoms with Gasteiger partial charge in [0.15, 0.2) is 0 Å². The highest BCUT2D eigenvalue weighted by Gasteiger charge is 2.05. The van der Waals surface area contributed by atoms with E-state index in [0.29, 0.717) is 11.4 Å². The van der Waals surface area contributed by atoms with Crippen LogP contribution in [-0.4, -0.2) is 27.2 Å². The molecule has 5 heteroatoms. The third kappa shape index (κ3) is 4.18. The highest BCUT2D eigenvalue weighted by Crippen LogP contribution is 2.14. The van der Waals surface area contributed by atoms with Crippen molar-refractivity contribution < 1.29 is 4.21 Å². The molecule has 0 aliphatic heterocycles. The van der Waals surface area contributed by atoms with Gasteiger partial charge >= 0.3 is 0 Å². The Labute approximate surface area is 99.1 Å². The van der Waals surface area contributed by atoms with Crippen LogP contribution in [0.1, 0.15) is 18.9 Å². The summed E-state index contributed by atoms with van der Waals surface area (Å²) in [7, 11) is -0.733. The Morgan fingerprint density at radius 2 is 2.31 bits per heavy atom. The van der Waals surface area contributed by atoms with E-state index in [-0.39, 0.29) is 6.04 Å². The zero-order valence-corrected chi connectivity index (χ0v) is 10.8. The predicted octanol–water partition coefficient (Wildman–Crippen LogP) is 1.54. The maximum atomic E-state index is 11.0. The summed E-state index contributed by atoms with van der Waals surface area (Å²) in [4.78, 5) is 4.19. The molecule has 1 rings (SSSR count). The zero-order chi connectivity index (χ0) is 12.1. The number of nitrogens with two attached hydrogens (primary N) is 1. The summed E-state index contributed by atoms with van der Waals surface area (Å²) in [5.74, 6) is 1.53. The van der Waals surface area contributed by atoms with Crippen molar-refractivity contribution in [1.82, 2.24) is 4.98 Å². The summed E-state index contributed by atoms with van der Waals surface area (Å²) in [6, 6.07) is 2.19. The van der Waals surface area contributed by atoms with Crippen LogP contribution in [0, 0.1) is 6.92 Å². The van der Waals surface area contributed by atoms with Gasteiger partial charge in [-0.15, -0.1) is 0 Å². The van der Waals surface area contributed by atoms with Crippen molar-refractivity contribution in [3.05, 3.63) is 17.8 Å². The topological polar surface area (TPSA) is 68.0 Å². The Kier molecular flexibility index (Phi) is 4.73. The molecule has 1 heterocycles. The first-order chi connectivity index (χ1) is 7.49. The van der Waals surface area contributed by atoms with Gasteiger partial charge < -0.3 is 11.1 Å². The lowest BCUT2D eigenvalue weighted by Crippen LogP contribution is -2.18. The third-order valence-electron chi connectivity index (χ3n) is 2.38. The van der Waals surface area contributed by atoms with Gasteiger partial charge in [-0.25, -0.2) is 4.98 Å². The molecule has 1 aromatic heterocycles. The molecule has 0 aliphatic carbocycles. The first-order valence-electron chi connectivity index (χ1n) is 5.27. The minimum Gasteiger partial charge on any atom is -0.397 e. The fraction of sp³-hybridized carbons (Fsp3) is 0.545. The van der Waals surface area contributed by atoms with Gasteiger partial charge in [0.25, 0.3) is 0 Å². The van der Waals surface area contributed by atoms with Crippen LogP contribution in [0.3, 0.4) is 0 Å². The van der Waals surface area contributed by atoms with Crippen LogP contribution in [0.4, 0.5) is 11.5 Å². The Hall–Kier alpha value is -1.10. The molecular weight excluding hydrogens is 222 g/mol. The van der Waals surface area contributed by atoms with E-state index in [1.54, 1.807) is 12.5 Å². The van der Waals surface area contributed by atoms with Crippen LogP contribution >= 0.6 is 0 Å². The number of hydrogen-bond acceptors (Lipinski definition) is 4. The van der Waals surface area contributed by atoms with E-state index in [4.69, 9.17) is 5.73 Å². The third-order valence-corrected chi connectivity index (χ3v) is 3.19. The van der Waals surface area contributed by atoms with Crippen LogP contribution in [0.25, 0.3) is 0 Å². The van der Waals surface area contributed by atoms with Crippen LogP contribution in [0.5, 0.6) is 0 Å². The number of aryl methyl sites for hydroxylation is 1. The van der Waals surface area contributed by atoms with E-state index in [1.807, 2.05) is 13.0 Å². The predicted molar refractivity (Wildman–Crippen MR) is 70.0 cm³/mol. The van der Waals surface area contributed by atoms with Crippen LogP contribution in [0.2, 0.25) is 0 Å². The SMILES string of the molecule is Cc1cc(NC(C)CCS(C)=O)ncc1N. The molecule has 0 saturated carbocycles. The van der Waals surface area contributed by atoms with E-state index < -0.39 is 10.8 Å². The summed E-state index contributed by atoms with van der Waals surface area (Å²) < 4.78 is 11.0. The molecule has 0 aromatic carbocycles. The lowest BCUT2D eigenvalue weighted by molar-refractivity contribution is 0.678. The maximum absolute atomic E-state index is 11.0. The molecular formula is C11H19N3OS. The lowest BCUT2D eigenvalue weighted by Gasteiger charge is -2.14. The van der Waals surface area contributed by atoms with E-state index in [1.165, 1.54) is 0 Å². The Morgan fingerprint density at radius 1 is 1.62 bits per heavy atom. The van der Waals surface area contributed by atoms with Gasteiger partial charge in [0.2, 0.25) is 0 Å². The second kappa shape index (κ2) is 5.84. The molecule has 0 radical (unpaired) electrons. The minimum atomic E-state index is -0.733. The highest BCUT2D eigenvalue weighted by atomic mass is 32.2. The van der Waals surface area contributed by atoms with Crippen LogP contribution in [0.15, 0.2) is 12.3 Å². The molecule has 90 valence electrons. The molecule has 1 aromatic rings. The number of anilines is 2. The van der Waals surface area contributed by atoms with Gasteiger partial charge in [0.05, 0.1) is 11.9 Å². The van der Waals surface area contributed by atoms with Crippen molar-refractivity contribution in [2.24, 2.45) is 0 Å². The number of aromatic nitrogens is 1. The molecule has 0 amide bonds. The van der Waals surface area contributed by atoms with E-state index in [0.717, 1.165) is 17.8 Å². The van der Waals surface area contributed by atoms with Gasteiger partial charge in [-0.1, -0.05) is 0 Å². The molecule has 3 N–H and O–H groups in total. The van der Waals surface area contributed by atoms with Gasteiger partial charge in [0, 0.05) is 28.9 Å². The Bertz CT molecular complexity index is 381. The summed E-state index contributed by atoms with van der Waals surface area (Å²) in [5.41, 5.74) is 7.41. The number of nitrogens with zero attached hydrogens (tertiary/aromatic N) is 1. The number of hydrogen-bond donors (Lipinski definition) is 2. The molecule has 16 heavy (non-hydrogen) atoms. The second-order valence-corrected chi connectivity index (χ2v) is 5.59. The molecule has 0 bridgehead atoms. The van der Waals surface area contributed by atoms with Crippen molar-refractivity contribution in [3.63, 3.8) is 0 Å². The van der Waals surface area contributed by atoms with Crippen molar-refractivity contribution in [2.45, 2.75) is 26.3 Å². The first kappa shape index (κ1) is 13.0. The summed E-state index contributed by atoms with van der Waals surface area (Å²) in [5, 5.41) is 3.26.